The molecule has 0 radical (unpaired) electrons. The quantitative estimate of drug-likeness (QED) is 0.866. The second-order valence-corrected chi connectivity index (χ2v) is 5.52. The Morgan fingerprint density at radius 2 is 1.75 bits per heavy atom. The van der Waals surface area contributed by atoms with Crippen molar-refractivity contribution in [3.05, 3.63) is 70.5 Å². The van der Waals surface area contributed by atoms with Crippen molar-refractivity contribution in [1.29, 1.82) is 0 Å². The Hall–Kier alpha value is -1.38. The van der Waals surface area contributed by atoms with Gasteiger partial charge in [0, 0.05) is 23.4 Å². The third kappa shape index (κ3) is 3.59. The maximum Gasteiger partial charge on any atom is 0.127 e. The Kier molecular flexibility index (Phi) is 4.79. The van der Waals surface area contributed by atoms with Gasteiger partial charge in [-0.15, -0.1) is 0 Å². The first-order valence-corrected chi connectivity index (χ1v) is 7.11. The molecule has 0 spiro atoms. The second-order valence-electron chi connectivity index (χ2n) is 5.12. The highest BCUT2D eigenvalue weighted by Crippen LogP contribution is 2.28. The van der Waals surface area contributed by atoms with Crippen LogP contribution in [0, 0.1) is 5.82 Å². The summed E-state index contributed by atoms with van der Waals surface area (Å²) in [5.74, 6) is -0.363. The first-order valence-electron chi connectivity index (χ1n) is 6.73. The van der Waals surface area contributed by atoms with Gasteiger partial charge in [-0.3, -0.25) is 0 Å². The predicted octanol–water partition coefficient (Wildman–Crippen LogP) is 4.41. The van der Waals surface area contributed by atoms with Crippen LogP contribution in [-0.2, 0) is 12.8 Å². The molecule has 3 heteroatoms. The van der Waals surface area contributed by atoms with Crippen molar-refractivity contribution in [1.82, 2.24) is 0 Å². The molecule has 2 aromatic carbocycles. The lowest BCUT2D eigenvalue weighted by atomic mass is 9.86. The van der Waals surface area contributed by atoms with Crippen LogP contribution < -0.4 is 0 Å². The molecule has 0 saturated heterocycles. The molecular weight excluding hydrogens is 275 g/mol. The van der Waals surface area contributed by atoms with Crippen molar-refractivity contribution in [2.75, 3.05) is 0 Å². The van der Waals surface area contributed by atoms with Gasteiger partial charge in [0.05, 0.1) is 5.60 Å². The Morgan fingerprint density at radius 1 is 1.05 bits per heavy atom. The van der Waals surface area contributed by atoms with E-state index < -0.39 is 5.60 Å². The molecule has 1 unspecified atom stereocenters. The molecule has 1 nitrogen and oxygen atoms in total. The van der Waals surface area contributed by atoms with E-state index in [1.54, 1.807) is 12.1 Å². The molecule has 1 atom stereocenters. The summed E-state index contributed by atoms with van der Waals surface area (Å²) in [5, 5.41) is 11.1. The van der Waals surface area contributed by atoms with E-state index in [9.17, 15) is 9.50 Å². The highest BCUT2D eigenvalue weighted by Gasteiger charge is 2.28. The van der Waals surface area contributed by atoms with Gasteiger partial charge in [-0.25, -0.2) is 4.39 Å². The van der Waals surface area contributed by atoms with Crippen LogP contribution in [0.1, 0.15) is 24.5 Å². The van der Waals surface area contributed by atoms with Gasteiger partial charge in [-0.1, -0.05) is 54.9 Å². The number of aliphatic hydroxyl groups is 1. The van der Waals surface area contributed by atoms with Crippen molar-refractivity contribution in [2.45, 2.75) is 31.8 Å². The van der Waals surface area contributed by atoms with Crippen LogP contribution in [0.2, 0.25) is 5.02 Å². The smallest absolute Gasteiger partial charge is 0.127 e. The lowest BCUT2D eigenvalue weighted by Gasteiger charge is -2.27. The number of rotatable bonds is 5. The minimum absolute atomic E-state index is 0.212. The molecule has 0 heterocycles. The zero-order valence-electron chi connectivity index (χ0n) is 11.4. The fraction of sp³-hybridized carbons (Fsp3) is 0.294. The van der Waals surface area contributed by atoms with Crippen LogP contribution in [0.4, 0.5) is 4.39 Å². The van der Waals surface area contributed by atoms with Crippen LogP contribution in [0.5, 0.6) is 0 Å². The second kappa shape index (κ2) is 6.38. The van der Waals surface area contributed by atoms with E-state index in [-0.39, 0.29) is 12.2 Å². The maximum absolute atomic E-state index is 13.9. The first-order chi connectivity index (χ1) is 9.54. The highest BCUT2D eigenvalue weighted by atomic mass is 35.5. The Labute approximate surface area is 124 Å². The molecule has 1 N–H and O–H groups in total. The minimum Gasteiger partial charge on any atom is -0.389 e. The summed E-state index contributed by atoms with van der Waals surface area (Å²) in [7, 11) is 0. The summed E-state index contributed by atoms with van der Waals surface area (Å²) in [6, 6.07) is 14.3. The fourth-order valence-corrected chi connectivity index (χ4v) is 2.55. The first kappa shape index (κ1) is 15.0. The van der Waals surface area contributed by atoms with Crippen molar-refractivity contribution >= 4 is 11.6 Å². The van der Waals surface area contributed by atoms with Gasteiger partial charge in [0.1, 0.15) is 5.82 Å². The maximum atomic E-state index is 13.9. The molecule has 0 aromatic heterocycles. The standard InChI is InChI=1S/C17H18ClFO/c1-2-17(20,11-13-7-4-3-5-8-13)12-14-15(18)9-6-10-16(14)19/h3-10,20H,2,11-12H2,1H3. The summed E-state index contributed by atoms with van der Waals surface area (Å²) in [6.45, 7) is 1.90. The predicted molar refractivity (Wildman–Crippen MR) is 80.5 cm³/mol. The van der Waals surface area contributed by atoms with E-state index in [4.69, 9.17) is 11.6 Å². The average molecular weight is 293 g/mol. The lowest BCUT2D eigenvalue weighted by molar-refractivity contribution is 0.0360. The third-order valence-electron chi connectivity index (χ3n) is 3.60. The van der Waals surface area contributed by atoms with Crippen molar-refractivity contribution in [3.63, 3.8) is 0 Å². The average Bonchev–Trinajstić information content (AvgIpc) is 2.44. The number of hydrogen-bond acceptors (Lipinski definition) is 1. The van der Waals surface area contributed by atoms with Crippen molar-refractivity contribution in [3.8, 4) is 0 Å². The summed E-state index contributed by atoms with van der Waals surface area (Å²) >= 11 is 6.04. The summed E-state index contributed by atoms with van der Waals surface area (Å²) < 4.78 is 13.9. The van der Waals surface area contributed by atoms with E-state index in [2.05, 4.69) is 0 Å². The number of hydrogen-bond donors (Lipinski definition) is 1. The van der Waals surface area contributed by atoms with Crippen LogP contribution in [0.25, 0.3) is 0 Å². The van der Waals surface area contributed by atoms with Gasteiger partial charge in [0.15, 0.2) is 0 Å². The molecule has 0 amide bonds. The minimum atomic E-state index is -0.993. The molecule has 2 aromatic rings. The highest BCUT2D eigenvalue weighted by molar-refractivity contribution is 6.31. The summed E-state index contributed by atoms with van der Waals surface area (Å²) in [4.78, 5) is 0. The Morgan fingerprint density at radius 3 is 2.35 bits per heavy atom. The number of benzene rings is 2. The topological polar surface area (TPSA) is 20.2 Å². The third-order valence-corrected chi connectivity index (χ3v) is 3.96. The van der Waals surface area contributed by atoms with E-state index >= 15 is 0 Å². The molecule has 0 aliphatic carbocycles. The van der Waals surface area contributed by atoms with Crippen LogP contribution in [0.15, 0.2) is 48.5 Å². The molecule has 0 aliphatic heterocycles. The van der Waals surface area contributed by atoms with Gasteiger partial charge < -0.3 is 5.11 Å². The van der Waals surface area contributed by atoms with Crippen molar-refractivity contribution < 1.29 is 9.50 Å². The van der Waals surface area contributed by atoms with Crippen LogP contribution in [-0.4, -0.2) is 10.7 Å². The molecule has 106 valence electrons. The van der Waals surface area contributed by atoms with Crippen molar-refractivity contribution in [2.24, 2.45) is 0 Å². The van der Waals surface area contributed by atoms with Gasteiger partial charge in [0.25, 0.3) is 0 Å². The normalized spacial score (nSPS) is 14.0. The van der Waals surface area contributed by atoms with Gasteiger partial charge in [-0.2, -0.15) is 0 Å². The van der Waals surface area contributed by atoms with Crippen LogP contribution >= 0.6 is 11.6 Å². The monoisotopic (exact) mass is 292 g/mol. The Balaban J connectivity index is 2.23. The van der Waals surface area contributed by atoms with Crippen LogP contribution in [0.3, 0.4) is 0 Å². The SMILES string of the molecule is CCC(O)(Cc1ccccc1)Cc1c(F)cccc1Cl. The molecule has 0 saturated carbocycles. The number of halogens is 2. The van der Waals surface area contributed by atoms with E-state index in [1.807, 2.05) is 37.3 Å². The zero-order valence-corrected chi connectivity index (χ0v) is 12.2. The molecule has 0 fully saturated rings. The molecule has 0 bridgehead atoms. The van der Waals surface area contributed by atoms with Gasteiger partial charge >= 0.3 is 0 Å². The largest absolute Gasteiger partial charge is 0.389 e. The fourth-order valence-electron chi connectivity index (χ4n) is 2.32. The van der Waals surface area contributed by atoms with Gasteiger partial charge in [-0.05, 0) is 24.1 Å². The molecule has 20 heavy (non-hydrogen) atoms. The molecule has 0 aliphatic rings. The molecule has 2 rings (SSSR count). The Bertz CT molecular complexity index is 550. The summed E-state index contributed by atoms with van der Waals surface area (Å²) in [6.07, 6.45) is 1.23. The molecular formula is C17H18ClFO. The van der Waals surface area contributed by atoms with E-state index in [0.717, 1.165) is 5.56 Å². The summed E-state index contributed by atoms with van der Waals surface area (Å²) in [5.41, 5.74) is 0.423. The lowest BCUT2D eigenvalue weighted by Crippen LogP contribution is -2.33. The van der Waals surface area contributed by atoms with Gasteiger partial charge in [0.2, 0.25) is 0 Å². The zero-order chi connectivity index (χ0) is 14.6. The van der Waals surface area contributed by atoms with E-state index in [1.165, 1.54) is 6.07 Å². The van der Waals surface area contributed by atoms with E-state index in [0.29, 0.717) is 23.4 Å².